The molecule has 0 unspecified atom stereocenters. The van der Waals surface area contributed by atoms with E-state index in [1.165, 1.54) is 0 Å². The predicted octanol–water partition coefficient (Wildman–Crippen LogP) is 2.96. The highest BCUT2D eigenvalue weighted by atomic mass is 35.5. The molecule has 2 rings (SSSR count). The maximum Gasteiger partial charge on any atom is 0.216 e. The molecule has 0 atom stereocenters. The third kappa shape index (κ3) is 4.67. The molecule has 0 aromatic heterocycles. The maximum absolute atomic E-state index is 11.9. The predicted molar refractivity (Wildman–Crippen MR) is 77.4 cm³/mol. The standard InChI is InChI=1S/C14H14ClNO2S/c15-14-8-6-12(7-9-14)10-16-19(17,18)11-13-4-2-1-3-5-13/h1-9,16H,10-11H2. The van der Waals surface area contributed by atoms with Gasteiger partial charge in [-0.05, 0) is 23.3 Å². The van der Waals surface area contributed by atoms with E-state index >= 15 is 0 Å². The Morgan fingerprint density at radius 2 is 1.53 bits per heavy atom. The van der Waals surface area contributed by atoms with E-state index in [0.29, 0.717) is 5.02 Å². The Labute approximate surface area is 118 Å². The van der Waals surface area contributed by atoms with Gasteiger partial charge >= 0.3 is 0 Å². The summed E-state index contributed by atoms with van der Waals surface area (Å²) in [5.41, 5.74) is 1.65. The van der Waals surface area contributed by atoms with Gasteiger partial charge in [0.1, 0.15) is 0 Å². The maximum atomic E-state index is 11.9. The van der Waals surface area contributed by atoms with Crippen molar-refractivity contribution >= 4 is 21.6 Å². The zero-order valence-corrected chi connectivity index (χ0v) is 11.8. The van der Waals surface area contributed by atoms with Gasteiger partial charge in [0.2, 0.25) is 10.0 Å². The fourth-order valence-corrected chi connectivity index (χ4v) is 2.89. The summed E-state index contributed by atoms with van der Waals surface area (Å²) in [7, 11) is -3.33. The largest absolute Gasteiger partial charge is 0.216 e. The van der Waals surface area contributed by atoms with E-state index < -0.39 is 10.0 Å². The summed E-state index contributed by atoms with van der Waals surface area (Å²) in [5, 5.41) is 0.635. The summed E-state index contributed by atoms with van der Waals surface area (Å²) in [6, 6.07) is 16.2. The SMILES string of the molecule is O=S(=O)(Cc1ccccc1)NCc1ccc(Cl)cc1. The number of benzene rings is 2. The Morgan fingerprint density at radius 3 is 2.16 bits per heavy atom. The minimum Gasteiger partial charge on any atom is -0.212 e. The number of rotatable bonds is 5. The van der Waals surface area contributed by atoms with Crippen LogP contribution in [-0.2, 0) is 22.3 Å². The quantitative estimate of drug-likeness (QED) is 0.922. The van der Waals surface area contributed by atoms with Crippen LogP contribution in [-0.4, -0.2) is 8.42 Å². The van der Waals surface area contributed by atoms with Crippen LogP contribution in [0.3, 0.4) is 0 Å². The van der Waals surface area contributed by atoms with Gasteiger partial charge in [0, 0.05) is 11.6 Å². The molecule has 100 valence electrons. The minimum absolute atomic E-state index is 0.0125. The van der Waals surface area contributed by atoms with Crippen molar-refractivity contribution in [2.45, 2.75) is 12.3 Å². The molecule has 5 heteroatoms. The Kier molecular flexibility index (Phi) is 4.58. The molecule has 0 amide bonds. The summed E-state index contributed by atoms with van der Waals surface area (Å²) < 4.78 is 26.4. The third-order valence-corrected chi connectivity index (χ3v) is 4.16. The molecule has 0 fully saturated rings. The Bertz CT molecular complexity index is 624. The first kappa shape index (κ1) is 14.1. The lowest BCUT2D eigenvalue weighted by Gasteiger charge is -2.07. The van der Waals surface area contributed by atoms with Gasteiger partial charge in [-0.1, -0.05) is 54.1 Å². The van der Waals surface area contributed by atoms with Crippen LogP contribution >= 0.6 is 11.6 Å². The van der Waals surface area contributed by atoms with Crippen molar-refractivity contribution in [3.05, 3.63) is 70.7 Å². The van der Waals surface area contributed by atoms with Crippen molar-refractivity contribution in [1.82, 2.24) is 4.72 Å². The van der Waals surface area contributed by atoms with Gasteiger partial charge in [-0.15, -0.1) is 0 Å². The van der Waals surface area contributed by atoms with E-state index in [1.807, 2.05) is 18.2 Å². The van der Waals surface area contributed by atoms with E-state index in [4.69, 9.17) is 11.6 Å². The second kappa shape index (κ2) is 6.19. The lowest BCUT2D eigenvalue weighted by atomic mass is 10.2. The normalized spacial score (nSPS) is 11.4. The van der Waals surface area contributed by atoms with Crippen LogP contribution in [0.25, 0.3) is 0 Å². The van der Waals surface area contributed by atoms with Gasteiger partial charge in [0.15, 0.2) is 0 Å². The fraction of sp³-hybridized carbons (Fsp3) is 0.143. The fourth-order valence-electron chi connectivity index (χ4n) is 1.64. The van der Waals surface area contributed by atoms with E-state index in [1.54, 1.807) is 36.4 Å². The second-order valence-electron chi connectivity index (χ2n) is 4.19. The number of halogens is 1. The molecule has 0 heterocycles. The van der Waals surface area contributed by atoms with E-state index in [0.717, 1.165) is 11.1 Å². The van der Waals surface area contributed by atoms with Gasteiger partial charge < -0.3 is 0 Å². The van der Waals surface area contributed by atoms with Crippen LogP contribution in [0.1, 0.15) is 11.1 Å². The molecule has 0 aliphatic rings. The van der Waals surface area contributed by atoms with Crippen molar-refractivity contribution in [2.75, 3.05) is 0 Å². The summed E-state index contributed by atoms with van der Waals surface area (Å²) in [6.07, 6.45) is 0. The first-order chi connectivity index (χ1) is 9.05. The number of sulfonamides is 1. The highest BCUT2D eigenvalue weighted by Gasteiger charge is 2.10. The molecule has 0 radical (unpaired) electrons. The number of nitrogens with one attached hydrogen (secondary N) is 1. The summed E-state index contributed by atoms with van der Waals surface area (Å²) in [6.45, 7) is 0.270. The van der Waals surface area contributed by atoms with Crippen LogP contribution in [0, 0.1) is 0 Å². The first-order valence-electron chi connectivity index (χ1n) is 5.81. The van der Waals surface area contributed by atoms with Crippen LogP contribution in [0.5, 0.6) is 0 Å². The topological polar surface area (TPSA) is 46.2 Å². The highest BCUT2D eigenvalue weighted by Crippen LogP contribution is 2.10. The average Bonchev–Trinajstić information content (AvgIpc) is 2.39. The molecular weight excluding hydrogens is 282 g/mol. The lowest BCUT2D eigenvalue weighted by molar-refractivity contribution is 0.580. The smallest absolute Gasteiger partial charge is 0.212 e. The molecule has 3 nitrogen and oxygen atoms in total. The monoisotopic (exact) mass is 295 g/mol. The van der Waals surface area contributed by atoms with Gasteiger partial charge in [-0.2, -0.15) is 0 Å². The van der Waals surface area contributed by atoms with E-state index in [-0.39, 0.29) is 12.3 Å². The zero-order chi connectivity index (χ0) is 13.7. The molecule has 2 aromatic carbocycles. The van der Waals surface area contributed by atoms with E-state index in [2.05, 4.69) is 4.72 Å². The first-order valence-corrected chi connectivity index (χ1v) is 7.84. The molecule has 0 bridgehead atoms. The molecule has 1 N–H and O–H groups in total. The van der Waals surface area contributed by atoms with Crippen LogP contribution in [0.2, 0.25) is 5.02 Å². The zero-order valence-electron chi connectivity index (χ0n) is 10.2. The molecule has 0 saturated carbocycles. The van der Waals surface area contributed by atoms with Gasteiger partial charge in [0.25, 0.3) is 0 Å². The van der Waals surface area contributed by atoms with Crippen LogP contribution in [0.15, 0.2) is 54.6 Å². The molecule has 0 saturated heterocycles. The molecule has 19 heavy (non-hydrogen) atoms. The van der Waals surface area contributed by atoms with Gasteiger partial charge in [0.05, 0.1) is 5.75 Å². The highest BCUT2D eigenvalue weighted by molar-refractivity contribution is 7.88. The van der Waals surface area contributed by atoms with Crippen molar-refractivity contribution in [1.29, 1.82) is 0 Å². The molecule has 2 aromatic rings. The third-order valence-electron chi connectivity index (χ3n) is 2.61. The minimum atomic E-state index is -3.33. The van der Waals surface area contributed by atoms with Crippen molar-refractivity contribution in [3.8, 4) is 0 Å². The molecule has 0 aliphatic carbocycles. The summed E-state index contributed by atoms with van der Waals surface area (Å²) in [5.74, 6) is -0.0125. The number of hydrogen-bond donors (Lipinski definition) is 1. The van der Waals surface area contributed by atoms with Gasteiger partial charge in [-0.3, -0.25) is 0 Å². The lowest BCUT2D eigenvalue weighted by Crippen LogP contribution is -2.24. The van der Waals surface area contributed by atoms with Crippen molar-refractivity contribution in [2.24, 2.45) is 0 Å². The Hall–Kier alpha value is -1.36. The molecular formula is C14H14ClNO2S. The Balaban J connectivity index is 1.96. The summed E-state index contributed by atoms with van der Waals surface area (Å²) >= 11 is 5.77. The average molecular weight is 296 g/mol. The Morgan fingerprint density at radius 1 is 0.895 bits per heavy atom. The van der Waals surface area contributed by atoms with E-state index in [9.17, 15) is 8.42 Å². The second-order valence-corrected chi connectivity index (χ2v) is 6.44. The van der Waals surface area contributed by atoms with Crippen LogP contribution in [0.4, 0.5) is 0 Å². The van der Waals surface area contributed by atoms with Crippen molar-refractivity contribution < 1.29 is 8.42 Å². The van der Waals surface area contributed by atoms with Crippen molar-refractivity contribution in [3.63, 3.8) is 0 Å². The number of hydrogen-bond acceptors (Lipinski definition) is 2. The van der Waals surface area contributed by atoms with Gasteiger partial charge in [-0.25, -0.2) is 13.1 Å². The van der Waals surface area contributed by atoms with Crippen LogP contribution < -0.4 is 4.72 Å². The molecule has 0 aliphatic heterocycles. The summed E-state index contributed by atoms with van der Waals surface area (Å²) in [4.78, 5) is 0. The molecule has 0 spiro atoms.